The Morgan fingerprint density at radius 3 is 2.57 bits per heavy atom. The summed E-state index contributed by atoms with van der Waals surface area (Å²) in [5.74, 6) is 0.219. The van der Waals surface area contributed by atoms with Crippen LogP contribution in [0.1, 0.15) is 22.4 Å². The number of benzene rings is 1. The number of nitrogen functional groups attached to an aromatic ring is 1. The lowest BCUT2D eigenvalue weighted by Gasteiger charge is -2.13. The van der Waals surface area contributed by atoms with E-state index in [4.69, 9.17) is 5.73 Å². The number of aryl methyl sites for hydroxylation is 1. The summed E-state index contributed by atoms with van der Waals surface area (Å²) in [4.78, 5) is 4.07. The van der Waals surface area contributed by atoms with Gasteiger partial charge in [-0.1, -0.05) is 0 Å². The average molecular weight is 294 g/mol. The smallest absolute Gasteiger partial charge is 0.382 e. The fourth-order valence-corrected chi connectivity index (χ4v) is 2.57. The molecule has 0 aliphatic carbocycles. The van der Waals surface area contributed by atoms with Gasteiger partial charge in [-0.15, -0.1) is 0 Å². The van der Waals surface area contributed by atoms with Crippen LogP contribution in [0.2, 0.25) is 0 Å². The van der Waals surface area contributed by atoms with Crippen LogP contribution < -0.4 is 5.73 Å². The number of nitrogens with two attached hydrogens (primary N) is 1. The fourth-order valence-electron chi connectivity index (χ4n) is 2.57. The van der Waals surface area contributed by atoms with Crippen molar-refractivity contribution in [2.45, 2.75) is 19.6 Å². The summed E-state index contributed by atoms with van der Waals surface area (Å²) < 4.78 is 40.8. The van der Waals surface area contributed by atoms with Gasteiger partial charge < -0.3 is 5.73 Å². The van der Waals surface area contributed by atoms with Gasteiger partial charge in [-0.25, -0.2) is 0 Å². The molecule has 0 saturated heterocycles. The number of nitrogens with zero attached hydrogens (tertiary/aromatic N) is 3. The van der Waals surface area contributed by atoms with Gasteiger partial charge in [0.2, 0.25) is 0 Å². The van der Waals surface area contributed by atoms with E-state index in [1.54, 1.807) is 24.9 Å². The van der Waals surface area contributed by atoms with Crippen LogP contribution in [0, 0.1) is 6.92 Å². The maximum absolute atomic E-state index is 13.1. The summed E-state index contributed by atoms with van der Waals surface area (Å²) in [6, 6.07) is 2.27. The molecule has 0 radical (unpaired) electrons. The third kappa shape index (κ3) is 2.09. The molecule has 3 rings (SSSR count). The van der Waals surface area contributed by atoms with Crippen molar-refractivity contribution in [3.8, 4) is 11.1 Å². The lowest BCUT2D eigenvalue weighted by Crippen LogP contribution is -2.07. The Hall–Kier alpha value is -2.31. The number of aromatic nitrogens is 2. The highest BCUT2D eigenvalue weighted by Gasteiger charge is 2.33. The average Bonchev–Trinajstić information content (AvgIpc) is 2.93. The minimum atomic E-state index is -4.41. The molecular weight excluding hydrogens is 281 g/mol. The zero-order chi connectivity index (χ0) is 15.4. The second kappa shape index (κ2) is 4.34. The summed E-state index contributed by atoms with van der Waals surface area (Å²) in [6.45, 7) is 2.03. The first-order valence-electron chi connectivity index (χ1n) is 6.32. The van der Waals surface area contributed by atoms with Gasteiger partial charge in [0, 0.05) is 30.1 Å². The van der Waals surface area contributed by atoms with Gasteiger partial charge in [0.05, 0.1) is 12.1 Å². The van der Waals surface area contributed by atoms with Crippen molar-refractivity contribution in [2.75, 3.05) is 5.73 Å². The monoisotopic (exact) mass is 294 g/mol. The first-order valence-corrected chi connectivity index (χ1v) is 6.32. The summed E-state index contributed by atoms with van der Waals surface area (Å²) in [5, 5.41) is 4.07. The molecule has 0 fully saturated rings. The molecular formula is C14H13F3N4. The summed E-state index contributed by atoms with van der Waals surface area (Å²) in [6.07, 6.45) is -2.81. The van der Waals surface area contributed by atoms with Crippen molar-refractivity contribution < 1.29 is 13.2 Å². The molecule has 0 bridgehead atoms. The molecule has 2 heterocycles. The van der Waals surface area contributed by atoms with E-state index >= 15 is 0 Å². The molecule has 21 heavy (non-hydrogen) atoms. The van der Waals surface area contributed by atoms with Gasteiger partial charge in [0.1, 0.15) is 0 Å². The Morgan fingerprint density at radius 1 is 1.29 bits per heavy atom. The van der Waals surface area contributed by atoms with Crippen molar-refractivity contribution in [1.29, 1.82) is 0 Å². The minimum absolute atomic E-state index is 0.219. The maximum Gasteiger partial charge on any atom is 0.416 e. The van der Waals surface area contributed by atoms with Crippen molar-refractivity contribution >= 4 is 12.0 Å². The Morgan fingerprint density at radius 2 is 2.00 bits per heavy atom. The van der Waals surface area contributed by atoms with Gasteiger partial charge in [-0.05, 0) is 30.2 Å². The molecule has 4 nitrogen and oxygen atoms in total. The first-order chi connectivity index (χ1) is 9.79. The number of fused-ring (bicyclic) bond motifs is 1. The number of aliphatic imine (C=N–C) groups is 1. The minimum Gasteiger partial charge on any atom is -0.382 e. The van der Waals surface area contributed by atoms with Gasteiger partial charge >= 0.3 is 6.18 Å². The SMILES string of the molecule is Cc1c(-c2cc(C(F)(F)F)cc3c2C=NC3)c(N)nn1C. The van der Waals surface area contributed by atoms with Crippen LogP contribution in [0.25, 0.3) is 11.1 Å². The normalized spacial score (nSPS) is 13.8. The van der Waals surface area contributed by atoms with Gasteiger partial charge in [0.25, 0.3) is 0 Å². The van der Waals surface area contributed by atoms with Crippen molar-refractivity contribution in [2.24, 2.45) is 12.0 Å². The van der Waals surface area contributed by atoms with Crippen LogP contribution in [0.3, 0.4) is 0 Å². The van der Waals surface area contributed by atoms with Crippen LogP contribution in [-0.4, -0.2) is 16.0 Å². The van der Waals surface area contributed by atoms with E-state index in [9.17, 15) is 13.2 Å². The molecule has 7 heteroatoms. The second-order valence-corrected chi connectivity index (χ2v) is 5.03. The van der Waals surface area contributed by atoms with E-state index in [0.29, 0.717) is 27.9 Å². The standard InChI is InChI=1S/C14H13F3N4/c1-7-12(13(18)20-21(7)2)10-4-9(14(15,16)17)3-8-5-19-6-11(8)10/h3-4,6H,5H2,1-2H3,(H2,18,20). The summed E-state index contributed by atoms with van der Waals surface area (Å²) >= 11 is 0. The first kappa shape index (κ1) is 13.7. The van der Waals surface area contributed by atoms with E-state index in [-0.39, 0.29) is 12.4 Å². The van der Waals surface area contributed by atoms with Crippen LogP contribution in [0.5, 0.6) is 0 Å². The fraction of sp³-hybridized carbons (Fsp3) is 0.286. The lowest BCUT2D eigenvalue weighted by atomic mass is 9.94. The Kier molecular flexibility index (Phi) is 2.82. The number of hydrogen-bond acceptors (Lipinski definition) is 3. The Balaban J connectivity index is 2.31. The number of anilines is 1. The van der Waals surface area contributed by atoms with E-state index in [1.807, 2.05) is 0 Å². The van der Waals surface area contributed by atoms with Gasteiger partial charge in [0.15, 0.2) is 5.82 Å². The number of alkyl halides is 3. The van der Waals surface area contributed by atoms with Crippen LogP contribution in [0.4, 0.5) is 19.0 Å². The molecule has 2 aromatic rings. The zero-order valence-electron chi connectivity index (χ0n) is 11.5. The number of rotatable bonds is 1. The third-order valence-corrected chi connectivity index (χ3v) is 3.71. The predicted molar refractivity (Wildman–Crippen MR) is 74.1 cm³/mol. The lowest BCUT2D eigenvalue weighted by molar-refractivity contribution is -0.137. The summed E-state index contributed by atoms with van der Waals surface area (Å²) in [5.41, 5.74) is 8.11. The van der Waals surface area contributed by atoms with Crippen LogP contribution in [0.15, 0.2) is 17.1 Å². The third-order valence-electron chi connectivity index (χ3n) is 3.71. The molecule has 1 aromatic carbocycles. The van der Waals surface area contributed by atoms with E-state index in [0.717, 1.165) is 12.1 Å². The molecule has 0 saturated carbocycles. The van der Waals surface area contributed by atoms with Crippen molar-refractivity contribution in [3.63, 3.8) is 0 Å². The molecule has 1 aliphatic heterocycles. The highest BCUT2D eigenvalue weighted by Crippen LogP contribution is 2.39. The van der Waals surface area contributed by atoms with Crippen LogP contribution >= 0.6 is 0 Å². The number of hydrogen-bond donors (Lipinski definition) is 1. The van der Waals surface area contributed by atoms with E-state index < -0.39 is 11.7 Å². The zero-order valence-corrected chi connectivity index (χ0v) is 11.5. The van der Waals surface area contributed by atoms with Crippen molar-refractivity contribution in [1.82, 2.24) is 9.78 Å². The Labute approximate surface area is 119 Å². The molecule has 0 unspecified atom stereocenters. The van der Waals surface area contributed by atoms with E-state index in [1.165, 1.54) is 0 Å². The molecule has 110 valence electrons. The number of halogens is 3. The van der Waals surface area contributed by atoms with Crippen molar-refractivity contribution in [3.05, 3.63) is 34.5 Å². The van der Waals surface area contributed by atoms with E-state index in [2.05, 4.69) is 10.1 Å². The molecule has 0 spiro atoms. The van der Waals surface area contributed by atoms with Gasteiger partial charge in [-0.2, -0.15) is 18.3 Å². The largest absolute Gasteiger partial charge is 0.416 e. The maximum atomic E-state index is 13.1. The van der Waals surface area contributed by atoms with Gasteiger partial charge in [-0.3, -0.25) is 9.67 Å². The Bertz CT molecular complexity index is 757. The molecule has 1 aromatic heterocycles. The molecule has 0 atom stereocenters. The molecule has 0 amide bonds. The predicted octanol–water partition coefficient (Wildman–Crippen LogP) is 2.93. The highest BCUT2D eigenvalue weighted by atomic mass is 19.4. The molecule has 2 N–H and O–H groups in total. The topological polar surface area (TPSA) is 56.2 Å². The quantitative estimate of drug-likeness (QED) is 0.879. The summed E-state index contributed by atoms with van der Waals surface area (Å²) in [7, 11) is 1.71. The second-order valence-electron chi connectivity index (χ2n) is 5.03. The molecule has 1 aliphatic rings. The van der Waals surface area contributed by atoms with Crippen LogP contribution in [-0.2, 0) is 19.8 Å². The highest BCUT2D eigenvalue weighted by molar-refractivity contribution is 5.96.